The highest BCUT2D eigenvalue weighted by atomic mass is 16.6. The van der Waals surface area contributed by atoms with Crippen LogP contribution >= 0.6 is 0 Å². The van der Waals surface area contributed by atoms with Crippen LogP contribution in [0.3, 0.4) is 0 Å². The molecule has 130 valence electrons. The van der Waals surface area contributed by atoms with Crippen LogP contribution in [0, 0.1) is 10.1 Å². The van der Waals surface area contributed by atoms with Crippen LogP contribution < -0.4 is 10.1 Å². The monoisotopic (exact) mass is 344 g/mol. The number of carboxylic acids is 1. The molecule has 2 N–H and O–H groups in total. The number of carbonyl (C=O) groups is 2. The van der Waals surface area contributed by atoms with Crippen LogP contribution in [0.25, 0.3) is 0 Å². The van der Waals surface area contributed by atoms with Gasteiger partial charge in [0.25, 0.3) is 5.91 Å². The van der Waals surface area contributed by atoms with Gasteiger partial charge in [-0.2, -0.15) is 0 Å². The van der Waals surface area contributed by atoms with Crippen LogP contribution in [0.1, 0.15) is 15.9 Å². The van der Waals surface area contributed by atoms with Crippen LogP contribution in [0.2, 0.25) is 0 Å². The number of carboxylic acid groups (broad SMARTS) is 1. The number of amides is 1. The van der Waals surface area contributed by atoms with E-state index < -0.39 is 29.1 Å². The van der Waals surface area contributed by atoms with Gasteiger partial charge < -0.3 is 15.2 Å². The number of hydrogen-bond donors (Lipinski definition) is 2. The molecule has 2 rings (SSSR count). The van der Waals surface area contributed by atoms with Gasteiger partial charge in [0.05, 0.1) is 10.5 Å². The summed E-state index contributed by atoms with van der Waals surface area (Å²) in [5.74, 6) is -1.96. The van der Waals surface area contributed by atoms with Crippen molar-refractivity contribution in [3.05, 3.63) is 69.8 Å². The van der Waals surface area contributed by atoms with Crippen molar-refractivity contribution in [3.63, 3.8) is 0 Å². The highest BCUT2D eigenvalue weighted by Gasteiger charge is 2.18. The van der Waals surface area contributed by atoms with Crippen molar-refractivity contribution in [2.75, 3.05) is 13.2 Å². The summed E-state index contributed by atoms with van der Waals surface area (Å²) in [7, 11) is 0. The smallest absolute Gasteiger partial charge is 0.335 e. The third-order valence-electron chi connectivity index (χ3n) is 3.34. The van der Waals surface area contributed by atoms with E-state index in [1.54, 1.807) is 0 Å². The summed E-state index contributed by atoms with van der Waals surface area (Å²) in [6, 6.07) is 12.7. The number of hydrogen-bond acceptors (Lipinski definition) is 5. The molecule has 8 nitrogen and oxygen atoms in total. The molecule has 0 aliphatic carbocycles. The minimum absolute atomic E-state index is 0.162. The fourth-order valence-corrected chi connectivity index (χ4v) is 2.10. The molecule has 0 aliphatic heterocycles. The second kappa shape index (κ2) is 8.44. The topological polar surface area (TPSA) is 119 Å². The second-order valence-electron chi connectivity index (χ2n) is 5.12. The molecule has 0 spiro atoms. The van der Waals surface area contributed by atoms with Gasteiger partial charge >= 0.3 is 11.7 Å². The molecule has 0 aliphatic rings. The molecule has 0 saturated carbocycles. The molecule has 0 unspecified atom stereocenters. The average Bonchev–Trinajstić information content (AvgIpc) is 2.60. The van der Waals surface area contributed by atoms with Crippen LogP contribution in [0.4, 0.5) is 5.69 Å². The van der Waals surface area contributed by atoms with Crippen LogP contribution in [0.15, 0.2) is 48.5 Å². The lowest BCUT2D eigenvalue weighted by Crippen LogP contribution is -2.30. The van der Waals surface area contributed by atoms with Gasteiger partial charge in [-0.3, -0.25) is 14.9 Å². The molecular weight excluding hydrogens is 328 g/mol. The Hall–Kier alpha value is -3.42. The van der Waals surface area contributed by atoms with Gasteiger partial charge in [0.2, 0.25) is 0 Å². The Morgan fingerprint density at radius 3 is 2.52 bits per heavy atom. The van der Waals surface area contributed by atoms with Crippen molar-refractivity contribution < 1.29 is 24.4 Å². The number of benzene rings is 2. The molecule has 0 heterocycles. The first-order valence-corrected chi connectivity index (χ1v) is 7.42. The van der Waals surface area contributed by atoms with Crippen molar-refractivity contribution in [3.8, 4) is 5.75 Å². The molecule has 0 saturated heterocycles. The van der Waals surface area contributed by atoms with Crippen molar-refractivity contribution in [1.29, 1.82) is 0 Å². The molecule has 25 heavy (non-hydrogen) atoms. The molecule has 0 fully saturated rings. The summed E-state index contributed by atoms with van der Waals surface area (Å²) < 4.78 is 5.14. The molecule has 2 aromatic carbocycles. The van der Waals surface area contributed by atoms with Gasteiger partial charge in [-0.25, -0.2) is 4.79 Å². The van der Waals surface area contributed by atoms with E-state index in [1.807, 2.05) is 30.3 Å². The summed E-state index contributed by atoms with van der Waals surface area (Å²) in [5.41, 5.74) is 0.501. The Labute approximate surface area is 143 Å². The highest BCUT2D eigenvalue weighted by molar-refractivity contribution is 5.88. The molecule has 2 aromatic rings. The van der Waals surface area contributed by atoms with Crippen LogP contribution in [-0.2, 0) is 11.2 Å². The van der Waals surface area contributed by atoms with Crippen molar-refractivity contribution in [2.45, 2.75) is 6.42 Å². The Bertz CT molecular complexity index is 776. The Balaban J connectivity index is 1.91. The van der Waals surface area contributed by atoms with E-state index in [0.717, 1.165) is 23.8 Å². The average molecular weight is 344 g/mol. The third kappa shape index (κ3) is 5.31. The van der Waals surface area contributed by atoms with Crippen molar-refractivity contribution in [1.82, 2.24) is 5.32 Å². The SMILES string of the molecule is O=C(COc1cc(C(=O)O)ccc1[N+](=O)[O-])NCCc1ccccc1. The molecule has 0 radical (unpaired) electrons. The van der Waals surface area contributed by atoms with Gasteiger partial charge in [0.1, 0.15) is 0 Å². The van der Waals surface area contributed by atoms with E-state index in [0.29, 0.717) is 13.0 Å². The lowest BCUT2D eigenvalue weighted by Gasteiger charge is -2.08. The van der Waals surface area contributed by atoms with Gasteiger partial charge in [-0.1, -0.05) is 30.3 Å². The van der Waals surface area contributed by atoms with E-state index in [1.165, 1.54) is 0 Å². The summed E-state index contributed by atoms with van der Waals surface area (Å²) in [5, 5.41) is 22.5. The summed E-state index contributed by atoms with van der Waals surface area (Å²) in [4.78, 5) is 33.0. The largest absolute Gasteiger partial charge is 0.478 e. The van der Waals surface area contributed by atoms with E-state index in [4.69, 9.17) is 9.84 Å². The lowest BCUT2D eigenvalue weighted by molar-refractivity contribution is -0.385. The predicted molar refractivity (Wildman–Crippen MR) is 88.7 cm³/mol. The van der Waals surface area contributed by atoms with Crippen LogP contribution in [0.5, 0.6) is 5.75 Å². The Kier molecular flexibility index (Phi) is 6.05. The molecule has 0 aromatic heterocycles. The molecule has 8 heteroatoms. The van der Waals surface area contributed by atoms with Crippen LogP contribution in [-0.4, -0.2) is 35.1 Å². The highest BCUT2D eigenvalue weighted by Crippen LogP contribution is 2.27. The Morgan fingerprint density at radius 1 is 1.16 bits per heavy atom. The lowest BCUT2D eigenvalue weighted by atomic mass is 10.1. The predicted octanol–water partition coefficient (Wildman–Crippen LogP) is 2.03. The zero-order chi connectivity index (χ0) is 18.2. The third-order valence-corrected chi connectivity index (χ3v) is 3.34. The molecule has 0 bridgehead atoms. The molecular formula is C17H16N2O6. The number of ether oxygens (including phenoxy) is 1. The number of aromatic carboxylic acids is 1. The summed E-state index contributed by atoms with van der Waals surface area (Å²) in [6.45, 7) is -0.0534. The molecule has 0 atom stereocenters. The number of nitrogens with zero attached hydrogens (tertiary/aromatic N) is 1. The van der Waals surface area contributed by atoms with Gasteiger partial charge in [-0.15, -0.1) is 0 Å². The fraction of sp³-hybridized carbons (Fsp3) is 0.176. The minimum atomic E-state index is -1.24. The number of rotatable bonds is 8. The second-order valence-corrected chi connectivity index (χ2v) is 5.12. The number of nitrogens with one attached hydrogen (secondary N) is 1. The first-order valence-electron chi connectivity index (χ1n) is 7.42. The van der Waals surface area contributed by atoms with E-state index in [-0.39, 0.29) is 11.3 Å². The first kappa shape index (κ1) is 17.9. The summed E-state index contributed by atoms with van der Waals surface area (Å²) in [6.07, 6.45) is 0.640. The fourth-order valence-electron chi connectivity index (χ4n) is 2.10. The quantitative estimate of drug-likeness (QED) is 0.559. The first-order chi connectivity index (χ1) is 12.0. The maximum absolute atomic E-state index is 11.8. The zero-order valence-electron chi connectivity index (χ0n) is 13.2. The van der Waals surface area contributed by atoms with E-state index >= 15 is 0 Å². The zero-order valence-corrected chi connectivity index (χ0v) is 13.2. The standard InChI is InChI=1S/C17H16N2O6/c20-16(18-9-8-12-4-2-1-3-5-12)11-25-15-10-13(17(21)22)6-7-14(15)19(23)24/h1-7,10H,8-9,11H2,(H,18,20)(H,21,22). The number of nitro benzene ring substituents is 1. The molecule has 1 amide bonds. The number of nitro groups is 1. The number of carbonyl (C=O) groups excluding carboxylic acids is 1. The summed E-state index contributed by atoms with van der Waals surface area (Å²) >= 11 is 0. The van der Waals surface area contributed by atoms with E-state index in [2.05, 4.69) is 5.32 Å². The normalized spacial score (nSPS) is 10.1. The minimum Gasteiger partial charge on any atom is -0.478 e. The maximum atomic E-state index is 11.8. The van der Waals surface area contributed by atoms with Gasteiger partial charge in [0.15, 0.2) is 12.4 Å². The van der Waals surface area contributed by atoms with Crippen molar-refractivity contribution in [2.24, 2.45) is 0 Å². The maximum Gasteiger partial charge on any atom is 0.335 e. The van der Waals surface area contributed by atoms with Gasteiger partial charge in [-0.05, 0) is 18.1 Å². The Morgan fingerprint density at radius 2 is 1.88 bits per heavy atom. The van der Waals surface area contributed by atoms with E-state index in [9.17, 15) is 19.7 Å². The van der Waals surface area contributed by atoms with Crippen molar-refractivity contribution >= 4 is 17.6 Å². The van der Waals surface area contributed by atoms with Gasteiger partial charge in [0, 0.05) is 18.7 Å².